The molecule has 10 N–H and O–H groups in total. The quantitative estimate of drug-likeness (QED) is 0.0516. The van der Waals surface area contributed by atoms with E-state index in [4.69, 9.17) is 27.7 Å². The molecule has 0 aliphatic heterocycles. The number of carbonyl (C=O) groups is 3. The number of carbonyl (C=O) groups excluding carboxylic acids is 3. The number of hydrogen-bond donors (Lipinski definition) is 6. The zero-order chi connectivity index (χ0) is 30.9. The average Bonchev–Trinajstić information content (AvgIpc) is 2.90. The lowest BCUT2D eigenvalue weighted by atomic mass is 10.2. The number of rotatable bonds is 26. The summed E-state index contributed by atoms with van der Waals surface area (Å²) in [5.41, 5.74) is 21.9. The van der Waals surface area contributed by atoms with Crippen molar-refractivity contribution in [3.8, 4) is 0 Å². The van der Waals surface area contributed by atoms with Crippen LogP contribution in [0.2, 0.25) is 0 Å². The molecule has 0 fully saturated rings. The Balaban J connectivity index is 4.70. The van der Waals surface area contributed by atoms with Gasteiger partial charge >= 0.3 is 5.97 Å². The molecule has 13 nitrogen and oxygen atoms in total. The molecule has 0 rings (SSSR count). The number of nitrogens with one attached hydrogen (secondary N) is 2. The second-order valence-electron chi connectivity index (χ2n) is 11.4. The van der Waals surface area contributed by atoms with E-state index in [1.54, 1.807) is 0 Å². The fourth-order valence-corrected chi connectivity index (χ4v) is 4.20. The van der Waals surface area contributed by atoms with Crippen LogP contribution in [0, 0.1) is 0 Å². The molecule has 0 saturated carbocycles. The Bertz CT molecular complexity index is 634. The summed E-state index contributed by atoms with van der Waals surface area (Å²) in [6, 6.07) is 0. The number of hydrogen-bond acceptors (Lipinski definition) is 11. The molecule has 0 aliphatic rings. The van der Waals surface area contributed by atoms with Crippen molar-refractivity contribution in [3.63, 3.8) is 0 Å². The van der Waals surface area contributed by atoms with Crippen LogP contribution in [0.5, 0.6) is 0 Å². The monoisotopic (exact) mass is 587 g/mol. The van der Waals surface area contributed by atoms with E-state index in [2.05, 4.69) is 20.4 Å². The highest BCUT2D eigenvalue weighted by molar-refractivity contribution is 5.78. The van der Waals surface area contributed by atoms with Crippen LogP contribution >= 0.6 is 0 Å². The molecular weight excluding hydrogens is 526 g/mol. The van der Waals surface area contributed by atoms with Gasteiger partial charge in [-0.3, -0.25) is 29.1 Å². The lowest BCUT2D eigenvalue weighted by Crippen LogP contribution is -2.41. The fraction of sp³-hybridized carbons (Fsp3) is 0.893. The molecule has 0 spiro atoms. The minimum atomic E-state index is -0.565. The van der Waals surface area contributed by atoms with E-state index in [-0.39, 0.29) is 24.3 Å². The Hall–Kier alpha value is -1.87. The molecule has 0 atom stereocenters. The van der Waals surface area contributed by atoms with Gasteiger partial charge in [-0.15, -0.1) is 0 Å². The van der Waals surface area contributed by atoms with Crippen molar-refractivity contribution in [3.05, 3.63) is 0 Å². The van der Waals surface area contributed by atoms with Crippen molar-refractivity contribution in [1.29, 1.82) is 0 Å². The minimum absolute atomic E-state index is 0.0348. The highest BCUT2D eigenvalue weighted by Gasteiger charge is 2.19. The van der Waals surface area contributed by atoms with Crippen LogP contribution in [0.3, 0.4) is 0 Å². The molecule has 0 aromatic rings. The summed E-state index contributed by atoms with van der Waals surface area (Å²) >= 11 is 0. The number of amides is 2. The predicted molar refractivity (Wildman–Crippen MR) is 165 cm³/mol. The Morgan fingerprint density at radius 1 is 0.561 bits per heavy atom. The van der Waals surface area contributed by atoms with Gasteiger partial charge < -0.3 is 38.3 Å². The van der Waals surface area contributed by atoms with E-state index < -0.39 is 5.60 Å². The van der Waals surface area contributed by atoms with E-state index in [1.165, 1.54) is 0 Å². The molecule has 242 valence electrons. The molecule has 0 saturated heterocycles. The smallest absolute Gasteiger partial charge is 0.320 e. The Kier molecular flexibility index (Phi) is 23.6. The SMILES string of the molecule is CC(C)(C)OC(=O)CN(CCCNC(=O)CN(CCCN)CCCN)CCCNC(=O)CN(CCCN)CCCN. The maximum absolute atomic E-state index is 12.5. The highest BCUT2D eigenvalue weighted by Crippen LogP contribution is 2.08. The molecule has 0 heterocycles. The molecule has 0 aliphatic carbocycles. The van der Waals surface area contributed by atoms with Gasteiger partial charge in [-0.2, -0.15) is 0 Å². The van der Waals surface area contributed by atoms with Crippen LogP contribution < -0.4 is 33.6 Å². The van der Waals surface area contributed by atoms with Gasteiger partial charge in [-0.05, 0) is 112 Å². The first-order chi connectivity index (χ1) is 19.5. The van der Waals surface area contributed by atoms with Gasteiger partial charge in [0.15, 0.2) is 0 Å². The topological polar surface area (TPSA) is 198 Å². The van der Waals surface area contributed by atoms with Crippen LogP contribution in [0.4, 0.5) is 0 Å². The maximum Gasteiger partial charge on any atom is 0.320 e. The lowest BCUT2D eigenvalue weighted by Gasteiger charge is -2.25. The number of ether oxygens (including phenoxy) is 1. The number of nitrogens with two attached hydrogens (primary N) is 4. The van der Waals surface area contributed by atoms with Gasteiger partial charge in [-0.25, -0.2) is 0 Å². The number of nitrogens with zero attached hydrogens (tertiary/aromatic N) is 3. The maximum atomic E-state index is 12.5. The van der Waals surface area contributed by atoms with Crippen molar-refractivity contribution < 1.29 is 19.1 Å². The third kappa shape index (κ3) is 24.4. The van der Waals surface area contributed by atoms with Crippen molar-refractivity contribution >= 4 is 17.8 Å². The molecular formula is C28H61N9O4. The molecule has 13 heteroatoms. The van der Waals surface area contributed by atoms with Gasteiger partial charge in [0.25, 0.3) is 0 Å². The molecule has 41 heavy (non-hydrogen) atoms. The summed E-state index contributed by atoms with van der Waals surface area (Å²) in [6.45, 7) is 13.9. The lowest BCUT2D eigenvalue weighted by molar-refractivity contribution is -0.156. The zero-order valence-electron chi connectivity index (χ0n) is 26.1. The molecule has 0 unspecified atom stereocenters. The molecule has 0 aromatic heterocycles. The van der Waals surface area contributed by atoms with Gasteiger partial charge in [0.05, 0.1) is 19.6 Å². The van der Waals surface area contributed by atoms with Crippen molar-refractivity contribution in [2.45, 2.75) is 64.9 Å². The summed E-state index contributed by atoms with van der Waals surface area (Å²) in [4.78, 5) is 43.6. The number of esters is 1. The first-order valence-corrected chi connectivity index (χ1v) is 15.3. The van der Waals surface area contributed by atoms with Crippen LogP contribution in [0.1, 0.15) is 59.3 Å². The Morgan fingerprint density at radius 3 is 1.20 bits per heavy atom. The summed E-state index contributed by atoms with van der Waals surface area (Å²) < 4.78 is 5.51. The van der Waals surface area contributed by atoms with E-state index >= 15 is 0 Å². The predicted octanol–water partition coefficient (Wildman–Crippen LogP) is -1.36. The second-order valence-corrected chi connectivity index (χ2v) is 11.4. The van der Waals surface area contributed by atoms with Crippen LogP contribution in [-0.4, -0.2) is 136 Å². The summed E-state index contributed by atoms with van der Waals surface area (Å²) in [5, 5.41) is 5.96. The fourth-order valence-electron chi connectivity index (χ4n) is 4.20. The summed E-state index contributed by atoms with van der Waals surface area (Å²) in [7, 11) is 0. The zero-order valence-corrected chi connectivity index (χ0v) is 26.1. The van der Waals surface area contributed by atoms with E-state index in [9.17, 15) is 14.4 Å². The van der Waals surface area contributed by atoms with Crippen molar-refractivity contribution in [2.24, 2.45) is 22.9 Å². The normalized spacial score (nSPS) is 11.9. The Morgan fingerprint density at radius 2 is 0.878 bits per heavy atom. The Labute approximate surface area is 248 Å². The minimum Gasteiger partial charge on any atom is -0.459 e. The van der Waals surface area contributed by atoms with E-state index in [0.717, 1.165) is 51.9 Å². The van der Waals surface area contributed by atoms with Crippen molar-refractivity contribution in [2.75, 3.05) is 98.2 Å². The van der Waals surface area contributed by atoms with Gasteiger partial charge in [0.1, 0.15) is 5.60 Å². The summed E-state index contributed by atoms with van der Waals surface area (Å²) in [6.07, 6.45) is 4.70. The molecule has 0 aromatic carbocycles. The average molecular weight is 588 g/mol. The highest BCUT2D eigenvalue weighted by atomic mass is 16.6. The van der Waals surface area contributed by atoms with Gasteiger partial charge in [0.2, 0.25) is 11.8 Å². The third-order valence-electron chi connectivity index (χ3n) is 6.17. The van der Waals surface area contributed by atoms with Crippen LogP contribution in [-0.2, 0) is 19.1 Å². The van der Waals surface area contributed by atoms with E-state index in [0.29, 0.717) is 78.3 Å². The molecule has 0 radical (unpaired) electrons. The van der Waals surface area contributed by atoms with Crippen molar-refractivity contribution in [1.82, 2.24) is 25.3 Å². The first kappa shape index (κ1) is 39.1. The van der Waals surface area contributed by atoms with Crippen LogP contribution in [0.25, 0.3) is 0 Å². The second kappa shape index (κ2) is 24.7. The van der Waals surface area contributed by atoms with Gasteiger partial charge in [-0.1, -0.05) is 0 Å². The van der Waals surface area contributed by atoms with Gasteiger partial charge in [0, 0.05) is 26.2 Å². The standard InChI is InChI=1S/C28H61N9O4/c1-28(2,3)41-27(40)24-37(20-8-14-33-25(38)22-35(16-4-10-29)17-5-11-30)21-9-15-34-26(39)23-36(18-6-12-31)19-7-13-32/h4-24,29-32H2,1-3H3,(H,33,38)(H,34,39). The molecule has 2 amide bonds. The third-order valence-corrected chi connectivity index (χ3v) is 6.17. The van der Waals surface area contributed by atoms with Crippen LogP contribution in [0.15, 0.2) is 0 Å². The molecule has 0 bridgehead atoms. The van der Waals surface area contributed by atoms with E-state index in [1.807, 2.05) is 25.7 Å². The summed E-state index contributed by atoms with van der Waals surface area (Å²) in [5.74, 6) is -0.365. The first-order valence-electron chi connectivity index (χ1n) is 15.3. The largest absolute Gasteiger partial charge is 0.459 e.